The molecule has 4 saturated heterocycles. The summed E-state index contributed by atoms with van der Waals surface area (Å²) in [5, 5.41) is 8.85. The third kappa shape index (κ3) is 30.0. The second kappa shape index (κ2) is 47.0. The van der Waals surface area contributed by atoms with Crippen LogP contribution in [0.25, 0.3) is 0 Å². The largest absolute Gasteiger partial charge is 0.458 e. The number of ketones is 4. The lowest BCUT2D eigenvalue weighted by Crippen LogP contribution is -2.43. The Balaban J connectivity index is 0.000000242. The molecule has 0 aromatic carbocycles. The summed E-state index contributed by atoms with van der Waals surface area (Å²) in [6, 6.07) is 0. The highest BCUT2D eigenvalue weighted by Gasteiger charge is 2.59. The first-order valence-corrected chi connectivity index (χ1v) is 42.4. The predicted octanol–water partition coefficient (Wildman–Crippen LogP) is 18.2. The van der Waals surface area contributed by atoms with Crippen LogP contribution in [-0.2, 0) is 95.4 Å². The monoisotopic (exact) mass is 1610 g/mol. The molecule has 4 aliphatic heterocycles. The fraction of sp³-hybridized carbons (Fsp3) is 0.621. The van der Waals surface area contributed by atoms with Gasteiger partial charge in [0, 0.05) is 38.5 Å². The number of hydrogen-bond acceptors (Lipinski definition) is 21. The molecule has 5 aliphatic carbocycles. The summed E-state index contributed by atoms with van der Waals surface area (Å²) < 4.78 is 44.0. The molecule has 1 saturated carbocycles. The van der Waals surface area contributed by atoms with E-state index in [2.05, 4.69) is 79.7 Å². The summed E-state index contributed by atoms with van der Waals surface area (Å²) in [4.78, 5) is 147. The molecular formula is C95H132O21. The van der Waals surface area contributed by atoms with Crippen molar-refractivity contribution in [3.63, 3.8) is 0 Å². The summed E-state index contributed by atoms with van der Waals surface area (Å²) in [5.41, 5.74) is 5.35. The molecule has 0 aromatic rings. The molecule has 4 unspecified atom stereocenters. The van der Waals surface area contributed by atoms with Gasteiger partial charge in [0.25, 0.3) is 0 Å². The average Bonchev–Trinajstić information content (AvgIpc) is 1.67. The van der Waals surface area contributed by atoms with Crippen LogP contribution in [0.5, 0.6) is 0 Å². The van der Waals surface area contributed by atoms with Gasteiger partial charge < -0.3 is 43.0 Å². The molecule has 0 radical (unpaired) electrons. The smallest absolute Gasteiger partial charge is 0.332 e. The molecule has 1 N–H and O–H groups in total. The topological polar surface area (TPSA) is 299 Å². The Morgan fingerprint density at radius 2 is 0.612 bits per heavy atom. The molecular weight excluding hydrogens is 1480 g/mol. The SMILES string of the molecule is CC(C)=CCC/C(C)=C/[C@H]1OC(=O)CC12C[C@H](OC(=O)C1CC1)C=CC2=O.CC(C)=CCC/C(C)=C/[C@H]1OC(=O)CC12C[C@H](OC(=O)CO)C=CC2=O.CCCCCC(=O)O[C@@H]1C=CC(=O)C2(CC(=O)O[C@@H]2/C=C(\C)CCC=C(C)C)C1.CCCCCCCCCCC(=O)O[C@@H]1C=CC(=O)C2(CC(=O)O[C@@H]2/C=C(\C)CCC=C(C)C)C1. The van der Waals surface area contributed by atoms with Crippen molar-refractivity contribution in [2.45, 2.75) is 345 Å². The number of carbonyl (C=O) groups is 12. The Morgan fingerprint density at radius 1 is 0.362 bits per heavy atom. The number of cyclic esters (lactones) is 4. The van der Waals surface area contributed by atoms with Crippen LogP contribution in [0.15, 0.2) is 142 Å². The lowest BCUT2D eigenvalue weighted by Gasteiger charge is -2.34. The Kier molecular flexibility index (Phi) is 39.0. The van der Waals surface area contributed by atoms with Crippen molar-refractivity contribution in [1.29, 1.82) is 0 Å². The summed E-state index contributed by atoms with van der Waals surface area (Å²) >= 11 is 0. The van der Waals surface area contributed by atoms with Gasteiger partial charge in [-0.2, -0.15) is 0 Å². The highest BCUT2D eigenvalue weighted by molar-refractivity contribution is 6.03. The van der Waals surface area contributed by atoms with Crippen LogP contribution in [0.2, 0.25) is 0 Å². The van der Waals surface area contributed by atoms with Gasteiger partial charge in [0.05, 0.1) is 53.3 Å². The van der Waals surface area contributed by atoms with Crippen LogP contribution in [0.1, 0.15) is 296 Å². The van der Waals surface area contributed by atoms with Crippen LogP contribution in [-0.4, -0.2) is 131 Å². The molecule has 12 atom stereocenters. The zero-order valence-electron chi connectivity index (χ0n) is 71.7. The van der Waals surface area contributed by atoms with E-state index in [1.165, 1.54) is 84.8 Å². The van der Waals surface area contributed by atoms with Gasteiger partial charge in [-0.1, -0.05) is 141 Å². The van der Waals surface area contributed by atoms with Crippen LogP contribution < -0.4 is 0 Å². The fourth-order valence-electron chi connectivity index (χ4n) is 15.8. The fourth-order valence-corrected chi connectivity index (χ4v) is 15.8. The normalized spacial score (nSPS) is 27.2. The zero-order chi connectivity index (χ0) is 85.3. The zero-order valence-corrected chi connectivity index (χ0v) is 71.7. The van der Waals surface area contributed by atoms with Crippen molar-refractivity contribution in [3.05, 3.63) is 142 Å². The van der Waals surface area contributed by atoms with Crippen molar-refractivity contribution in [3.8, 4) is 0 Å². The molecule has 0 amide bonds. The quantitative estimate of drug-likeness (QED) is 0.0267. The van der Waals surface area contributed by atoms with Gasteiger partial charge in [0.1, 0.15) is 55.4 Å². The van der Waals surface area contributed by atoms with Gasteiger partial charge in [-0.05, 0) is 233 Å². The Morgan fingerprint density at radius 3 is 0.879 bits per heavy atom. The highest BCUT2D eigenvalue weighted by atomic mass is 16.6. The molecule has 21 heteroatoms. The van der Waals surface area contributed by atoms with E-state index in [-0.39, 0.29) is 103 Å². The van der Waals surface area contributed by atoms with Crippen LogP contribution in [0.3, 0.4) is 0 Å². The molecule has 9 aliphatic rings. The van der Waals surface area contributed by atoms with Gasteiger partial charge in [-0.25, -0.2) is 4.79 Å². The van der Waals surface area contributed by atoms with Crippen molar-refractivity contribution in [2.24, 2.45) is 27.6 Å². The van der Waals surface area contributed by atoms with Gasteiger partial charge >= 0.3 is 47.8 Å². The van der Waals surface area contributed by atoms with Crippen LogP contribution in [0, 0.1) is 27.6 Å². The van der Waals surface area contributed by atoms with Crippen LogP contribution >= 0.6 is 0 Å². The number of esters is 8. The number of allylic oxidation sites excluding steroid dienone is 16. The lowest BCUT2D eigenvalue weighted by atomic mass is 9.69. The van der Waals surface area contributed by atoms with Gasteiger partial charge in [-0.15, -0.1) is 0 Å². The number of unbranched alkanes of at least 4 members (excludes halogenated alkanes) is 9. The molecule has 21 nitrogen and oxygen atoms in total. The van der Waals surface area contributed by atoms with E-state index in [0.29, 0.717) is 25.7 Å². The van der Waals surface area contributed by atoms with Crippen molar-refractivity contribution in [2.75, 3.05) is 6.61 Å². The van der Waals surface area contributed by atoms with Gasteiger partial charge in [0.15, 0.2) is 23.1 Å². The number of aliphatic hydroxyl groups excluding tert-OH is 1. The van der Waals surface area contributed by atoms with E-state index in [1.807, 2.05) is 65.8 Å². The molecule has 4 heterocycles. The molecule has 5 fully saturated rings. The maximum atomic E-state index is 12.9. The Bertz CT molecular complexity index is 3870. The van der Waals surface area contributed by atoms with E-state index in [0.717, 1.165) is 125 Å². The van der Waals surface area contributed by atoms with E-state index in [1.54, 1.807) is 18.2 Å². The third-order valence-electron chi connectivity index (χ3n) is 22.6. The predicted molar refractivity (Wildman–Crippen MR) is 443 cm³/mol. The molecule has 638 valence electrons. The van der Waals surface area contributed by atoms with E-state index in [9.17, 15) is 57.5 Å². The number of aliphatic hydroxyl groups is 1. The first-order valence-electron chi connectivity index (χ1n) is 42.4. The van der Waals surface area contributed by atoms with Crippen LogP contribution in [0.4, 0.5) is 0 Å². The molecule has 9 rings (SSSR count). The summed E-state index contributed by atoms with van der Waals surface area (Å²) in [7, 11) is 0. The van der Waals surface area contributed by atoms with Crippen molar-refractivity contribution in [1.82, 2.24) is 0 Å². The molecule has 116 heavy (non-hydrogen) atoms. The lowest BCUT2D eigenvalue weighted by molar-refractivity contribution is -0.154. The van der Waals surface area contributed by atoms with Crippen molar-refractivity contribution < 1.29 is 101 Å². The summed E-state index contributed by atoms with van der Waals surface area (Å²) in [6.07, 6.45) is 46.4. The van der Waals surface area contributed by atoms with E-state index >= 15 is 0 Å². The minimum Gasteiger partial charge on any atom is -0.458 e. The average molecular weight is 1610 g/mol. The number of hydrogen-bond donors (Lipinski definition) is 1. The second-order valence-electron chi connectivity index (χ2n) is 34.2. The molecule has 4 spiro atoms. The first-order chi connectivity index (χ1) is 55.1. The second-order valence-corrected chi connectivity index (χ2v) is 34.2. The summed E-state index contributed by atoms with van der Waals surface area (Å²) in [6.45, 7) is 27.9. The Labute approximate surface area is 688 Å². The first kappa shape index (κ1) is 96.1. The molecule has 0 bridgehead atoms. The van der Waals surface area contributed by atoms with E-state index < -0.39 is 89.0 Å². The number of rotatable bonds is 35. The maximum absolute atomic E-state index is 12.9. The minimum atomic E-state index is -1.05. The standard InChI is InChI=1S/C29H44O5.C24H34O5.C22H28O5.C20H26O6/c1-5-6-7-8-9-10-11-12-16-27(31)33-24-17-18-25(30)29(20-24)21-28(32)34-26(29)19-23(4)15-13-14-22(2)3;1-5-6-7-11-22(26)28-19-12-13-20(25)24(15-19)16-23(27)29-21(24)14-18(4)10-8-9-17(2)3;1-14(2)5-4-6-15(3)11-19-22(13-20(24)27-19)12-17(9-10-18(22)23)26-21(25)16-7-8-16;1-13(2)5-4-6-14(3)9-17-20(11-18(23)26-17)10-15(7-8-16(20)22)25-19(24)12-21/h14,17-19,24,26H,5-13,15-16,20-21H2,1-4H3;9,12-14,19,21H,5-8,10-11,15-16H2,1-4H3;5,9-11,16-17,19H,4,6-8,12-13H2,1-3H3;5,7-9,15,17,21H,4,6,10-12H2,1-3H3/b23-19+;18-14+;15-11+;14-9+/t24-,26-,29?;19-,21-,24?;17-,19-,22?;15-,17-,20?/m1111/s1. The maximum Gasteiger partial charge on any atom is 0.332 e. The Hall–Kier alpha value is -8.72. The molecule has 0 aromatic heterocycles. The number of carbonyl (C=O) groups excluding carboxylic acids is 12. The minimum absolute atomic E-state index is 0.00134. The van der Waals surface area contributed by atoms with Gasteiger partial charge in [0.2, 0.25) is 0 Å². The third-order valence-corrected chi connectivity index (χ3v) is 22.6. The van der Waals surface area contributed by atoms with Crippen molar-refractivity contribution >= 4 is 70.9 Å². The van der Waals surface area contributed by atoms with E-state index in [4.69, 9.17) is 43.0 Å². The number of ether oxygens (including phenoxy) is 8. The highest BCUT2D eigenvalue weighted by Crippen LogP contribution is 2.50. The summed E-state index contributed by atoms with van der Waals surface area (Å²) in [5.74, 6) is -3.57. The van der Waals surface area contributed by atoms with Gasteiger partial charge in [-0.3, -0.25) is 52.7 Å².